The van der Waals surface area contributed by atoms with E-state index in [1.165, 1.54) is 167 Å². The van der Waals surface area contributed by atoms with Crippen LogP contribution >= 0.6 is 0 Å². The molecule has 0 unspecified atom stereocenters. The van der Waals surface area contributed by atoms with E-state index in [1.54, 1.807) is 0 Å². The number of allylic oxidation sites excluding steroid dienone is 10. The second-order valence-electron chi connectivity index (χ2n) is 20.6. The van der Waals surface area contributed by atoms with E-state index < -0.39 is 6.10 Å². The summed E-state index contributed by atoms with van der Waals surface area (Å²) in [5.74, 6) is -0.890. The average molecular weight is 994 g/mol. The Hall–Kier alpha value is -2.89. The van der Waals surface area contributed by atoms with Crippen molar-refractivity contribution in [2.24, 2.45) is 0 Å². The molecule has 0 aliphatic rings. The summed E-state index contributed by atoms with van der Waals surface area (Å²) in [5.41, 5.74) is 0. The molecule has 0 bridgehead atoms. The van der Waals surface area contributed by atoms with Gasteiger partial charge in [-0.05, 0) is 83.5 Å². The topological polar surface area (TPSA) is 78.9 Å². The van der Waals surface area contributed by atoms with Gasteiger partial charge in [-0.15, -0.1) is 0 Å². The van der Waals surface area contributed by atoms with Crippen LogP contribution in [-0.2, 0) is 28.6 Å². The fourth-order valence-electron chi connectivity index (χ4n) is 8.90. The molecule has 0 aromatic rings. The lowest BCUT2D eigenvalue weighted by molar-refractivity contribution is -0.167. The van der Waals surface area contributed by atoms with Crippen molar-refractivity contribution in [3.63, 3.8) is 0 Å². The molecule has 0 amide bonds. The summed E-state index contributed by atoms with van der Waals surface area (Å²) in [6, 6.07) is 0. The lowest BCUT2D eigenvalue weighted by Crippen LogP contribution is -2.30. The van der Waals surface area contributed by atoms with Gasteiger partial charge in [-0.2, -0.15) is 0 Å². The van der Waals surface area contributed by atoms with Crippen LogP contribution in [0.1, 0.15) is 316 Å². The highest BCUT2D eigenvalue weighted by Crippen LogP contribution is 2.17. The lowest BCUT2D eigenvalue weighted by Gasteiger charge is -2.18. The van der Waals surface area contributed by atoms with Gasteiger partial charge in [0.25, 0.3) is 0 Å². The van der Waals surface area contributed by atoms with Crippen molar-refractivity contribution < 1.29 is 28.6 Å². The molecule has 6 nitrogen and oxygen atoms in total. The molecule has 0 saturated heterocycles. The molecular weight excluding hydrogens is 877 g/mol. The van der Waals surface area contributed by atoms with E-state index in [0.717, 1.165) is 109 Å². The molecule has 0 aliphatic carbocycles. The van der Waals surface area contributed by atoms with Crippen LogP contribution in [0.3, 0.4) is 0 Å². The van der Waals surface area contributed by atoms with Crippen molar-refractivity contribution in [2.75, 3.05) is 13.2 Å². The molecule has 0 saturated carbocycles. The molecule has 0 aromatic carbocycles. The van der Waals surface area contributed by atoms with Gasteiger partial charge in [0.05, 0.1) is 0 Å². The van der Waals surface area contributed by atoms with Crippen LogP contribution in [0.2, 0.25) is 0 Å². The summed E-state index contributed by atoms with van der Waals surface area (Å²) in [7, 11) is 0. The van der Waals surface area contributed by atoms with Crippen LogP contribution in [0, 0.1) is 0 Å². The lowest BCUT2D eigenvalue weighted by atomic mass is 10.0. The fraction of sp³-hybridized carbons (Fsp3) is 0.800. The minimum absolute atomic E-state index is 0.0803. The third-order valence-corrected chi connectivity index (χ3v) is 13.5. The van der Waals surface area contributed by atoms with E-state index in [4.69, 9.17) is 14.2 Å². The Morgan fingerprint density at radius 2 is 0.549 bits per heavy atom. The minimum Gasteiger partial charge on any atom is -0.462 e. The summed E-state index contributed by atoms with van der Waals surface area (Å²) < 4.78 is 16.9. The average Bonchev–Trinajstić information content (AvgIpc) is 3.37. The highest BCUT2D eigenvalue weighted by Gasteiger charge is 2.19. The molecule has 1 atom stereocenters. The third-order valence-electron chi connectivity index (χ3n) is 13.5. The summed E-state index contributed by atoms with van der Waals surface area (Å²) >= 11 is 0. The van der Waals surface area contributed by atoms with Crippen LogP contribution in [-0.4, -0.2) is 37.2 Å². The van der Waals surface area contributed by atoms with E-state index in [-0.39, 0.29) is 31.1 Å². The van der Waals surface area contributed by atoms with E-state index in [9.17, 15) is 14.4 Å². The number of carbonyl (C=O) groups excluding carboxylic acids is 3. The summed E-state index contributed by atoms with van der Waals surface area (Å²) in [4.78, 5) is 38.3. The van der Waals surface area contributed by atoms with Gasteiger partial charge in [-0.25, -0.2) is 0 Å². The number of ether oxygens (including phenoxy) is 3. The largest absolute Gasteiger partial charge is 0.462 e. The predicted molar refractivity (Wildman–Crippen MR) is 307 cm³/mol. The predicted octanol–water partition coefficient (Wildman–Crippen LogP) is 20.8. The normalized spacial score (nSPS) is 12.4. The van der Waals surface area contributed by atoms with Gasteiger partial charge >= 0.3 is 17.9 Å². The first-order valence-corrected chi connectivity index (χ1v) is 30.8. The summed E-state index contributed by atoms with van der Waals surface area (Å²) in [6.07, 6.45) is 75.0. The van der Waals surface area contributed by atoms with Crippen molar-refractivity contribution in [3.8, 4) is 0 Å². The summed E-state index contributed by atoms with van der Waals surface area (Å²) in [5, 5.41) is 0. The van der Waals surface area contributed by atoms with Gasteiger partial charge in [0.2, 0.25) is 0 Å². The zero-order valence-electron chi connectivity index (χ0n) is 47.2. The summed E-state index contributed by atoms with van der Waals surface area (Å²) in [6.45, 7) is 6.53. The van der Waals surface area contributed by atoms with Gasteiger partial charge in [-0.3, -0.25) is 14.4 Å². The molecule has 0 aliphatic heterocycles. The maximum Gasteiger partial charge on any atom is 0.306 e. The maximum absolute atomic E-state index is 12.9. The van der Waals surface area contributed by atoms with Gasteiger partial charge < -0.3 is 14.2 Å². The van der Waals surface area contributed by atoms with Gasteiger partial charge in [0.1, 0.15) is 13.2 Å². The smallest absolute Gasteiger partial charge is 0.306 e. The molecule has 0 heterocycles. The first-order valence-electron chi connectivity index (χ1n) is 30.8. The molecule has 0 radical (unpaired) electrons. The van der Waals surface area contributed by atoms with Crippen LogP contribution in [0.4, 0.5) is 0 Å². The van der Waals surface area contributed by atoms with Crippen molar-refractivity contribution in [1.82, 2.24) is 0 Å². The van der Waals surface area contributed by atoms with Crippen LogP contribution in [0.15, 0.2) is 60.8 Å². The number of carbonyl (C=O) groups is 3. The Kier molecular flexibility index (Phi) is 57.2. The second-order valence-corrected chi connectivity index (χ2v) is 20.6. The van der Waals surface area contributed by atoms with E-state index >= 15 is 0 Å². The van der Waals surface area contributed by atoms with E-state index in [2.05, 4.69) is 81.5 Å². The van der Waals surface area contributed by atoms with E-state index in [1.807, 2.05) is 0 Å². The van der Waals surface area contributed by atoms with Crippen molar-refractivity contribution in [3.05, 3.63) is 60.8 Å². The molecule has 0 rings (SSSR count). The first kappa shape index (κ1) is 68.1. The molecular formula is C65H116O6. The highest BCUT2D eigenvalue weighted by molar-refractivity contribution is 5.71. The SMILES string of the molecule is CC/C=C\C/C=C\C/C=C\CCCCCCCC(=O)OC[C@H](COC(=O)CCCCCCCCCCCCCCCCCCCCCCC)OC(=O)CCCCCCCCC/C=C\C/C=C\CCCCC. The standard InChI is InChI=1S/C65H116O6/c1-4-7-10-13-16-19-22-25-28-30-31-32-33-35-37-40-43-46-49-52-55-58-64(67)70-61-62(60-69-63(66)57-54-51-48-45-42-39-36-27-24-21-18-15-12-9-6-3)71-65(68)59-56-53-50-47-44-41-38-34-29-26-23-20-17-14-11-8-5-2/h9,12,17-18,20-21,26-27,29,36,62H,4-8,10-11,13-16,19,22-25,28,30-35,37-61H2,1-3H3/b12-9-,20-17-,21-18-,29-26-,36-27-/t62-/m1/s1. The number of esters is 3. The molecule has 412 valence electrons. The zero-order valence-corrected chi connectivity index (χ0v) is 47.2. The Labute approximate surface area is 440 Å². The number of rotatable bonds is 56. The quantitative estimate of drug-likeness (QED) is 0.0261. The molecule has 0 fully saturated rings. The Bertz CT molecular complexity index is 1280. The Balaban J connectivity index is 4.34. The van der Waals surface area contributed by atoms with Gasteiger partial charge in [0, 0.05) is 19.3 Å². The molecule has 6 heteroatoms. The fourth-order valence-corrected chi connectivity index (χ4v) is 8.90. The zero-order chi connectivity index (χ0) is 51.4. The molecule has 0 N–H and O–H groups in total. The number of hydrogen-bond donors (Lipinski definition) is 0. The van der Waals surface area contributed by atoms with Crippen molar-refractivity contribution in [2.45, 2.75) is 322 Å². The van der Waals surface area contributed by atoms with Crippen molar-refractivity contribution >= 4 is 17.9 Å². The van der Waals surface area contributed by atoms with E-state index in [0.29, 0.717) is 19.3 Å². The van der Waals surface area contributed by atoms with Crippen LogP contribution < -0.4 is 0 Å². The van der Waals surface area contributed by atoms with Crippen molar-refractivity contribution in [1.29, 1.82) is 0 Å². The molecule has 71 heavy (non-hydrogen) atoms. The second kappa shape index (κ2) is 59.7. The molecule has 0 spiro atoms. The maximum atomic E-state index is 12.9. The minimum atomic E-state index is -0.785. The number of unbranched alkanes of at least 4 members (excludes halogenated alkanes) is 35. The Morgan fingerprint density at radius 1 is 0.296 bits per heavy atom. The molecule has 0 aromatic heterocycles. The van der Waals surface area contributed by atoms with Crippen LogP contribution in [0.5, 0.6) is 0 Å². The first-order chi connectivity index (χ1) is 35.0. The third kappa shape index (κ3) is 57.9. The highest BCUT2D eigenvalue weighted by atomic mass is 16.6. The van der Waals surface area contributed by atoms with Crippen LogP contribution in [0.25, 0.3) is 0 Å². The van der Waals surface area contributed by atoms with Gasteiger partial charge in [0.15, 0.2) is 6.10 Å². The van der Waals surface area contributed by atoms with Gasteiger partial charge in [-0.1, -0.05) is 274 Å². The number of hydrogen-bond acceptors (Lipinski definition) is 6. The monoisotopic (exact) mass is 993 g/mol. The Morgan fingerprint density at radius 3 is 0.887 bits per heavy atom.